The summed E-state index contributed by atoms with van der Waals surface area (Å²) in [4.78, 5) is 6.44. The van der Waals surface area contributed by atoms with E-state index in [2.05, 4.69) is 9.97 Å². The second-order valence-electron chi connectivity index (χ2n) is 7.32. The predicted molar refractivity (Wildman–Crippen MR) is 118 cm³/mol. The van der Waals surface area contributed by atoms with Crippen LogP contribution in [0.1, 0.15) is 28.2 Å². The van der Waals surface area contributed by atoms with Gasteiger partial charge < -0.3 is 15.1 Å². The van der Waals surface area contributed by atoms with Crippen molar-refractivity contribution in [3.63, 3.8) is 0 Å². The van der Waals surface area contributed by atoms with E-state index < -0.39 is 11.7 Å². The smallest absolute Gasteiger partial charge is 0.416 e. The Morgan fingerprint density at radius 3 is 2.03 bits per heavy atom. The molecule has 0 aliphatic rings. The number of halogens is 4. The first-order chi connectivity index (χ1) is 14.4. The van der Waals surface area contributed by atoms with E-state index in [0.717, 1.165) is 50.6 Å². The van der Waals surface area contributed by atoms with E-state index in [-0.39, 0.29) is 24.1 Å². The summed E-state index contributed by atoms with van der Waals surface area (Å²) in [5, 5.41) is 11.7. The Hall–Kier alpha value is -3.38. The van der Waals surface area contributed by atoms with E-state index >= 15 is 0 Å². The molecule has 5 rings (SSSR count). The van der Waals surface area contributed by atoms with Gasteiger partial charge in [-0.15, -0.1) is 12.4 Å². The summed E-state index contributed by atoms with van der Waals surface area (Å²) >= 11 is 0. The number of aromatic hydroxyl groups is 1. The maximum absolute atomic E-state index is 13.1. The number of benzene rings is 3. The number of fused-ring (bicyclic) bond motifs is 2. The third-order valence-corrected chi connectivity index (χ3v) is 5.51. The van der Waals surface area contributed by atoms with Crippen LogP contribution in [-0.4, -0.2) is 15.1 Å². The molecule has 0 amide bonds. The lowest BCUT2D eigenvalue weighted by Gasteiger charge is -2.18. The van der Waals surface area contributed by atoms with Gasteiger partial charge in [-0.2, -0.15) is 13.2 Å². The van der Waals surface area contributed by atoms with Crippen LogP contribution in [0.3, 0.4) is 0 Å². The SMILES string of the molecule is Cl.Oc1ccc2c(C(c3ccc(C(F)(F)F)cc3)c3c[nH]c4ccccc34)c[nH]c2c1. The third kappa shape index (κ3) is 3.64. The number of rotatable bonds is 3. The highest BCUT2D eigenvalue weighted by Crippen LogP contribution is 2.40. The maximum Gasteiger partial charge on any atom is 0.416 e. The number of hydrogen-bond donors (Lipinski definition) is 3. The zero-order valence-electron chi connectivity index (χ0n) is 16.1. The van der Waals surface area contributed by atoms with Crippen LogP contribution in [-0.2, 0) is 6.18 Å². The Kier molecular flexibility index (Phi) is 5.19. The van der Waals surface area contributed by atoms with E-state index in [1.54, 1.807) is 12.1 Å². The van der Waals surface area contributed by atoms with Crippen LogP contribution in [0.5, 0.6) is 5.75 Å². The Labute approximate surface area is 182 Å². The van der Waals surface area contributed by atoms with Gasteiger partial charge in [-0.05, 0) is 47.0 Å². The Balaban J connectivity index is 0.00000231. The molecule has 1 unspecified atom stereocenters. The van der Waals surface area contributed by atoms with Gasteiger partial charge in [0.25, 0.3) is 0 Å². The molecule has 3 nitrogen and oxygen atoms in total. The first kappa shape index (κ1) is 20.9. The van der Waals surface area contributed by atoms with Crippen molar-refractivity contribution in [1.29, 1.82) is 0 Å². The maximum atomic E-state index is 13.1. The Bertz CT molecular complexity index is 1350. The zero-order valence-corrected chi connectivity index (χ0v) is 16.9. The minimum absolute atomic E-state index is 0. The van der Waals surface area contributed by atoms with E-state index in [0.29, 0.717) is 0 Å². The highest BCUT2D eigenvalue weighted by Gasteiger charge is 2.31. The summed E-state index contributed by atoms with van der Waals surface area (Å²) in [5.41, 5.74) is 3.70. The van der Waals surface area contributed by atoms with Gasteiger partial charge in [-0.25, -0.2) is 0 Å². The first-order valence-electron chi connectivity index (χ1n) is 9.45. The van der Waals surface area contributed by atoms with Crippen LogP contribution in [0, 0.1) is 0 Å². The highest BCUT2D eigenvalue weighted by molar-refractivity contribution is 5.89. The largest absolute Gasteiger partial charge is 0.508 e. The monoisotopic (exact) mass is 442 g/mol. The second kappa shape index (κ2) is 7.71. The van der Waals surface area contributed by atoms with Crippen LogP contribution in [0.15, 0.2) is 79.1 Å². The summed E-state index contributed by atoms with van der Waals surface area (Å²) in [6.07, 6.45) is -0.617. The fourth-order valence-corrected chi connectivity index (χ4v) is 4.10. The summed E-state index contributed by atoms with van der Waals surface area (Å²) in [7, 11) is 0. The van der Waals surface area contributed by atoms with Crippen molar-refractivity contribution in [3.05, 3.63) is 101 Å². The van der Waals surface area contributed by atoms with Gasteiger partial charge in [-0.1, -0.05) is 30.3 Å². The average molecular weight is 443 g/mol. The number of para-hydroxylation sites is 1. The summed E-state index contributed by atoms with van der Waals surface area (Å²) < 4.78 is 39.3. The van der Waals surface area contributed by atoms with Crippen molar-refractivity contribution in [2.24, 2.45) is 0 Å². The molecule has 158 valence electrons. The zero-order chi connectivity index (χ0) is 20.9. The third-order valence-electron chi connectivity index (χ3n) is 5.51. The summed E-state index contributed by atoms with van der Waals surface area (Å²) in [6.45, 7) is 0. The van der Waals surface area contributed by atoms with Crippen LogP contribution in [0.25, 0.3) is 21.8 Å². The van der Waals surface area contributed by atoms with Crippen LogP contribution >= 0.6 is 12.4 Å². The molecule has 0 aliphatic carbocycles. The van der Waals surface area contributed by atoms with Gasteiger partial charge in [0, 0.05) is 46.2 Å². The molecule has 0 fully saturated rings. The minimum Gasteiger partial charge on any atom is -0.508 e. The number of phenols is 1. The van der Waals surface area contributed by atoms with Crippen LogP contribution < -0.4 is 0 Å². The normalized spacial score (nSPS) is 12.7. The molecule has 0 radical (unpaired) electrons. The van der Waals surface area contributed by atoms with E-state index in [1.165, 1.54) is 12.1 Å². The summed E-state index contributed by atoms with van der Waals surface area (Å²) in [5.74, 6) is -0.143. The fourth-order valence-electron chi connectivity index (χ4n) is 4.10. The van der Waals surface area contributed by atoms with Gasteiger partial charge in [0.1, 0.15) is 5.75 Å². The van der Waals surface area contributed by atoms with E-state index in [4.69, 9.17) is 0 Å². The predicted octanol–water partition coefficient (Wildman–Crippen LogP) is 6.98. The number of aromatic amines is 2. The molecule has 1 atom stereocenters. The lowest BCUT2D eigenvalue weighted by molar-refractivity contribution is -0.137. The Morgan fingerprint density at radius 2 is 1.35 bits per heavy atom. The fraction of sp³-hybridized carbons (Fsp3) is 0.0833. The highest BCUT2D eigenvalue weighted by atomic mass is 35.5. The van der Waals surface area contributed by atoms with E-state index in [9.17, 15) is 18.3 Å². The van der Waals surface area contributed by atoms with Crippen molar-refractivity contribution in [3.8, 4) is 5.75 Å². The molecule has 3 aromatic carbocycles. The van der Waals surface area contributed by atoms with Crippen molar-refractivity contribution >= 4 is 34.2 Å². The van der Waals surface area contributed by atoms with Gasteiger partial charge in [-0.3, -0.25) is 0 Å². The molecule has 0 bridgehead atoms. The first-order valence-corrected chi connectivity index (χ1v) is 9.45. The average Bonchev–Trinajstić information content (AvgIpc) is 3.33. The lowest BCUT2D eigenvalue weighted by Crippen LogP contribution is -2.07. The van der Waals surface area contributed by atoms with Gasteiger partial charge in [0.15, 0.2) is 0 Å². The standard InChI is InChI=1S/C24H17F3N2O.ClH/c25-24(26,27)15-7-5-14(6-8-15)23(19-12-28-21-4-2-1-3-17(19)21)20-13-29-22-11-16(30)9-10-18(20)22;/h1-13,23,28-30H;1H. The number of nitrogens with one attached hydrogen (secondary N) is 2. The quantitative estimate of drug-likeness (QED) is 0.277. The number of alkyl halides is 3. The number of aromatic nitrogens is 2. The van der Waals surface area contributed by atoms with Gasteiger partial charge >= 0.3 is 6.18 Å². The topological polar surface area (TPSA) is 51.8 Å². The van der Waals surface area contributed by atoms with Crippen LogP contribution in [0.2, 0.25) is 0 Å². The molecule has 2 aromatic heterocycles. The molecule has 5 aromatic rings. The number of phenolic OH excluding ortho intramolecular Hbond substituents is 1. The summed E-state index contributed by atoms with van der Waals surface area (Å²) in [6, 6.07) is 18.2. The molecule has 2 heterocycles. The second-order valence-corrected chi connectivity index (χ2v) is 7.32. The molecular weight excluding hydrogens is 425 g/mol. The van der Waals surface area contributed by atoms with Crippen molar-refractivity contribution < 1.29 is 18.3 Å². The lowest BCUT2D eigenvalue weighted by atomic mass is 9.84. The molecule has 0 aliphatic heterocycles. The number of hydrogen-bond acceptors (Lipinski definition) is 1. The molecule has 3 N–H and O–H groups in total. The molecule has 0 saturated carbocycles. The molecule has 0 spiro atoms. The molecule has 7 heteroatoms. The van der Waals surface area contributed by atoms with Crippen molar-refractivity contribution in [2.45, 2.75) is 12.1 Å². The van der Waals surface area contributed by atoms with E-state index in [1.807, 2.05) is 42.7 Å². The van der Waals surface area contributed by atoms with Gasteiger partial charge in [0.05, 0.1) is 5.56 Å². The van der Waals surface area contributed by atoms with Crippen LogP contribution in [0.4, 0.5) is 13.2 Å². The minimum atomic E-state index is -4.38. The van der Waals surface area contributed by atoms with Crippen molar-refractivity contribution in [1.82, 2.24) is 9.97 Å². The molecular formula is C24H18ClF3N2O. The number of H-pyrrole nitrogens is 2. The van der Waals surface area contributed by atoms with Crippen molar-refractivity contribution in [2.75, 3.05) is 0 Å². The van der Waals surface area contributed by atoms with Gasteiger partial charge in [0.2, 0.25) is 0 Å². The Morgan fingerprint density at radius 1 is 0.742 bits per heavy atom. The molecule has 0 saturated heterocycles. The molecule has 31 heavy (non-hydrogen) atoms.